The molecule has 0 saturated carbocycles. The van der Waals surface area contributed by atoms with Crippen molar-refractivity contribution in [1.29, 1.82) is 0 Å². The number of fused-ring (bicyclic) bond motifs is 1. The van der Waals surface area contributed by atoms with E-state index in [-0.39, 0.29) is 6.04 Å². The number of rotatable bonds is 2. The Morgan fingerprint density at radius 3 is 2.40 bits per heavy atom. The summed E-state index contributed by atoms with van der Waals surface area (Å²) in [6.07, 6.45) is 0. The quantitative estimate of drug-likeness (QED) is 0.714. The molecule has 0 aliphatic rings. The number of benzene rings is 3. The van der Waals surface area contributed by atoms with Gasteiger partial charge in [0.25, 0.3) is 0 Å². The van der Waals surface area contributed by atoms with Gasteiger partial charge < -0.3 is 5.73 Å². The van der Waals surface area contributed by atoms with Crippen LogP contribution >= 0.6 is 11.6 Å². The molecule has 1 atom stereocenters. The van der Waals surface area contributed by atoms with Crippen LogP contribution in [-0.4, -0.2) is 0 Å². The van der Waals surface area contributed by atoms with Crippen LogP contribution in [0, 0.1) is 6.92 Å². The molecular formula is C18H16ClN. The van der Waals surface area contributed by atoms with Gasteiger partial charge in [-0.15, -0.1) is 0 Å². The Bertz CT molecular complexity index is 764. The summed E-state index contributed by atoms with van der Waals surface area (Å²) in [6, 6.07) is 20.3. The van der Waals surface area contributed by atoms with Crippen molar-refractivity contribution in [3.05, 3.63) is 82.4 Å². The lowest BCUT2D eigenvalue weighted by atomic mass is 9.93. The van der Waals surface area contributed by atoms with E-state index in [9.17, 15) is 0 Å². The van der Waals surface area contributed by atoms with E-state index in [1.807, 2.05) is 36.4 Å². The maximum Gasteiger partial charge on any atom is 0.0557 e. The molecule has 0 fully saturated rings. The first-order valence-corrected chi connectivity index (χ1v) is 7.04. The average molecular weight is 282 g/mol. The fraction of sp³-hybridized carbons (Fsp3) is 0.111. The van der Waals surface area contributed by atoms with Gasteiger partial charge in [-0.25, -0.2) is 0 Å². The molecule has 1 unspecified atom stereocenters. The molecule has 0 aliphatic heterocycles. The first-order valence-electron chi connectivity index (χ1n) is 6.66. The summed E-state index contributed by atoms with van der Waals surface area (Å²) in [5.74, 6) is 0. The maximum absolute atomic E-state index is 6.46. The van der Waals surface area contributed by atoms with E-state index in [2.05, 4.69) is 31.2 Å². The first kappa shape index (κ1) is 13.2. The van der Waals surface area contributed by atoms with Gasteiger partial charge in [0, 0.05) is 10.4 Å². The molecule has 0 bridgehead atoms. The van der Waals surface area contributed by atoms with Crippen LogP contribution in [-0.2, 0) is 0 Å². The Morgan fingerprint density at radius 2 is 1.65 bits per heavy atom. The fourth-order valence-corrected chi connectivity index (χ4v) is 2.83. The summed E-state index contributed by atoms with van der Waals surface area (Å²) in [5.41, 5.74) is 9.91. The van der Waals surface area contributed by atoms with Crippen molar-refractivity contribution in [1.82, 2.24) is 0 Å². The SMILES string of the molecule is Cc1cccc(C(N)c2ccc(Cl)c3ccccc23)c1. The Labute approximate surface area is 124 Å². The molecule has 0 aliphatic carbocycles. The van der Waals surface area contributed by atoms with E-state index in [0.29, 0.717) is 0 Å². The highest BCUT2D eigenvalue weighted by Gasteiger charge is 2.13. The summed E-state index contributed by atoms with van der Waals surface area (Å²) in [7, 11) is 0. The summed E-state index contributed by atoms with van der Waals surface area (Å²) in [5, 5.41) is 2.93. The summed E-state index contributed by atoms with van der Waals surface area (Å²) in [6.45, 7) is 2.08. The molecule has 20 heavy (non-hydrogen) atoms. The second-order valence-corrected chi connectivity index (χ2v) is 5.48. The summed E-state index contributed by atoms with van der Waals surface area (Å²) >= 11 is 6.26. The van der Waals surface area contributed by atoms with Crippen LogP contribution in [0.5, 0.6) is 0 Å². The van der Waals surface area contributed by atoms with Crippen molar-refractivity contribution in [3.8, 4) is 0 Å². The van der Waals surface area contributed by atoms with E-state index < -0.39 is 0 Å². The number of hydrogen-bond acceptors (Lipinski definition) is 1. The second-order valence-electron chi connectivity index (χ2n) is 5.07. The predicted octanol–water partition coefficient (Wildman–Crippen LogP) is 4.85. The number of aryl methyl sites for hydroxylation is 1. The van der Waals surface area contributed by atoms with Crippen molar-refractivity contribution >= 4 is 22.4 Å². The molecule has 0 spiro atoms. The Kier molecular flexibility index (Phi) is 3.47. The van der Waals surface area contributed by atoms with Gasteiger partial charge in [-0.2, -0.15) is 0 Å². The largest absolute Gasteiger partial charge is 0.320 e. The minimum atomic E-state index is -0.142. The normalized spacial score (nSPS) is 12.6. The Hall–Kier alpha value is -1.83. The molecule has 3 aromatic rings. The van der Waals surface area contributed by atoms with Crippen molar-refractivity contribution in [2.45, 2.75) is 13.0 Å². The van der Waals surface area contributed by atoms with Crippen LogP contribution in [0.4, 0.5) is 0 Å². The zero-order valence-electron chi connectivity index (χ0n) is 11.3. The van der Waals surface area contributed by atoms with E-state index in [0.717, 1.165) is 26.9 Å². The first-order chi connectivity index (χ1) is 9.66. The monoisotopic (exact) mass is 281 g/mol. The minimum absolute atomic E-state index is 0.142. The third-order valence-corrected chi connectivity index (χ3v) is 3.97. The zero-order valence-corrected chi connectivity index (χ0v) is 12.1. The zero-order chi connectivity index (χ0) is 14.1. The van der Waals surface area contributed by atoms with E-state index in [1.54, 1.807) is 0 Å². The molecule has 0 saturated heterocycles. The van der Waals surface area contributed by atoms with Gasteiger partial charge in [0.1, 0.15) is 0 Å². The van der Waals surface area contributed by atoms with Gasteiger partial charge in [0.15, 0.2) is 0 Å². The Morgan fingerprint density at radius 1 is 0.900 bits per heavy atom. The van der Waals surface area contributed by atoms with E-state index >= 15 is 0 Å². The van der Waals surface area contributed by atoms with Crippen LogP contribution in [0.2, 0.25) is 5.02 Å². The van der Waals surface area contributed by atoms with Gasteiger partial charge in [-0.3, -0.25) is 0 Å². The lowest BCUT2D eigenvalue weighted by Crippen LogP contribution is -2.12. The third kappa shape index (κ3) is 2.31. The van der Waals surface area contributed by atoms with Gasteiger partial charge in [-0.05, 0) is 29.5 Å². The maximum atomic E-state index is 6.46. The molecular weight excluding hydrogens is 266 g/mol. The van der Waals surface area contributed by atoms with Crippen LogP contribution in [0.15, 0.2) is 60.7 Å². The molecule has 3 aromatic carbocycles. The summed E-state index contributed by atoms with van der Waals surface area (Å²) < 4.78 is 0. The lowest BCUT2D eigenvalue weighted by Gasteiger charge is -2.16. The minimum Gasteiger partial charge on any atom is -0.320 e. The molecule has 1 nitrogen and oxygen atoms in total. The molecule has 0 radical (unpaired) electrons. The molecule has 2 N–H and O–H groups in total. The predicted molar refractivity (Wildman–Crippen MR) is 86.2 cm³/mol. The van der Waals surface area contributed by atoms with Gasteiger partial charge >= 0.3 is 0 Å². The van der Waals surface area contributed by atoms with Crippen LogP contribution in [0.1, 0.15) is 22.7 Å². The summed E-state index contributed by atoms with van der Waals surface area (Å²) in [4.78, 5) is 0. The highest BCUT2D eigenvalue weighted by atomic mass is 35.5. The molecule has 0 amide bonds. The molecule has 2 heteroatoms. The van der Waals surface area contributed by atoms with Crippen molar-refractivity contribution in [3.63, 3.8) is 0 Å². The number of hydrogen-bond donors (Lipinski definition) is 1. The molecule has 100 valence electrons. The Balaban J connectivity index is 2.17. The molecule has 3 rings (SSSR count). The highest BCUT2D eigenvalue weighted by molar-refractivity contribution is 6.35. The van der Waals surface area contributed by atoms with Crippen LogP contribution in [0.3, 0.4) is 0 Å². The third-order valence-electron chi connectivity index (χ3n) is 3.64. The van der Waals surface area contributed by atoms with Crippen molar-refractivity contribution in [2.24, 2.45) is 5.73 Å². The van der Waals surface area contributed by atoms with Crippen molar-refractivity contribution in [2.75, 3.05) is 0 Å². The highest BCUT2D eigenvalue weighted by Crippen LogP contribution is 2.31. The molecule has 0 aromatic heterocycles. The second kappa shape index (κ2) is 5.28. The lowest BCUT2D eigenvalue weighted by molar-refractivity contribution is 0.879. The van der Waals surface area contributed by atoms with E-state index in [4.69, 9.17) is 17.3 Å². The van der Waals surface area contributed by atoms with Crippen LogP contribution < -0.4 is 5.73 Å². The number of halogens is 1. The van der Waals surface area contributed by atoms with Gasteiger partial charge in [0.05, 0.1) is 6.04 Å². The standard InChI is InChI=1S/C18H16ClN/c1-12-5-4-6-13(11-12)18(20)16-9-10-17(19)15-8-3-2-7-14(15)16/h2-11,18H,20H2,1H3. The number of nitrogens with two attached hydrogens (primary N) is 1. The van der Waals surface area contributed by atoms with Gasteiger partial charge in [-0.1, -0.05) is 71.8 Å². The average Bonchev–Trinajstić information content (AvgIpc) is 2.47. The topological polar surface area (TPSA) is 26.0 Å². The smallest absolute Gasteiger partial charge is 0.0557 e. The fourth-order valence-electron chi connectivity index (χ4n) is 2.60. The van der Waals surface area contributed by atoms with Crippen LogP contribution in [0.25, 0.3) is 10.8 Å². The van der Waals surface area contributed by atoms with Gasteiger partial charge in [0.2, 0.25) is 0 Å². The van der Waals surface area contributed by atoms with E-state index in [1.165, 1.54) is 5.56 Å². The van der Waals surface area contributed by atoms with Crippen molar-refractivity contribution < 1.29 is 0 Å². The molecule has 0 heterocycles.